The first kappa shape index (κ1) is 59.3. The van der Waals surface area contributed by atoms with Crippen LogP contribution in [-0.2, 0) is 25.7 Å². The van der Waals surface area contributed by atoms with Crippen LogP contribution in [0, 0.1) is 0 Å². The Morgan fingerprint density at radius 1 is 0.258 bits per heavy atom. The van der Waals surface area contributed by atoms with Crippen molar-refractivity contribution in [1.82, 2.24) is 0 Å². The van der Waals surface area contributed by atoms with Crippen LogP contribution in [0.2, 0.25) is 0 Å². The van der Waals surface area contributed by atoms with Crippen LogP contribution < -0.4 is 4.74 Å². The van der Waals surface area contributed by atoms with Gasteiger partial charge in [-0.2, -0.15) is 0 Å². The second kappa shape index (κ2) is 45.4. The summed E-state index contributed by atoms with van der Waals surface area (Å²) in [5.74, 6) is 2.31. The second-order valence-corrected chi connectivity index (χ2v) is 19.6. The van der Waals surface area contributed by atoms with E-state index in [9.17, 15) is 0 Å². The molecule has 2 aromatic carbocycles. The molecule has 2 rings (SSSR count). The maximum atomic E-state index is 7.21. The molecular weight excluding hydrogens is 760 g/mol. The molecular formula is C60H107NaO. The van der Waals surface area contributed by atoms with Crippen LogP contribution in [0.4, 0.5) is 0 Å². The number of unbranched alkanes of at least 4 members (excludes halogenated alkanes) is 36. The fourth-order valence-corrected chi connectivity index (χ4v) is 9.75. The van der Waals surface area contributed by atoms with Gasteiger partial charge in [-0.25, -0.2) is 0 Å². The summed E-state index contributed by atoms with van der Waals surface area (Å²) in [5.41, 5.74) is 6.16. The Hall–Kier alpha value is -0.760. The van der Waals surface area contributed by atoms with Crippen LogP contribution in [0.3, 0.4) is 0 Å². The van der Waals surface area contributed by atoms with Crippen LogP contribution in [0.5, 0.6) is 11.5 Å². The molecule has 0 unspecified atom stereocenters. The predicted molar refractivity (Wildman–Crippen MR) is 282 cm³/mol. The fourth-order valence-electron chi connectivity index (χ4n) is 9.75. The van der Waals surface area contributed by atoms with E-state index in [1.807, 2.05) is 0 Å². The van der Waals surface area contributed by atoms with Gasteiger partial charge >= 0.3 is 29.6 Å². The van der Waals surface area contributed by atoms with Crippen molar-refractivity contribution < 1.29 is 4.74 Å². The van der Waals surface area contributed by atoms with Crippen molar-refractivity contribution in [3.8, 4) is 11.5 Å². The average molecular weight is 868 g/mol. The first-order valence-corrected chi connectivity index (χ1v) is 28.1. The molecule has 0 amide bonds. The molecule has 0 aliphatic rings. The van der Waals surface area contributed by atoms with Crippen molar-refractivity contribution in [3.05, 3.63) is 58.7 Å². The van der Waals surface area contributed by atoms with Crippen molar-refractivity contribution in [2.45, 2.75) is 310 Å². The number of rotatable bonds is 46. The van der Waals surface area contributed by atoms with Crippen molar-refractivity contribution in [1.29, 1.82) is 0 Å². The normalized spacial score (nSPS) is 11.4. The monoisotopic (exact) mass is 867 g/mol. The molecule has 0 spiro atoms. The summed E-state index contributed by atoms with van der Waals surface area (Å²) in [4.78, 5) is 0. The Morgan fingerprint density at radius 2 is 0.468 bits per heavy atom. The van der Waals surface area contributed by atoms with E-state index in [0.29, 0.717) is 0 Å². The van der Waals surface area contributed by atoms with E-state index in [0.717, 1.165) is 24.3 Å². The molecule has 1 nitrogen and oxygen atoms in total. The standard InChI is InChI=1S/C60H106O.Na.H/c1-5-9-13-17-21-25-29-33-37-41-47-55-49-45-53-59(57(55)51-43-39-35-31-27-23-19-15-11-7-3)61-60-54-46-50-56(48-42-38-34-30-26-22-18-14-10-6-2)58(60)52-44-40-36-32-28-24-20-16-12-8-4;;/h45-46,49-50,53-54H,5-44,47-48,51-52H2,1-4H3;;. The minimum atomic E-state index is 0. The van der Waals surface area contributed by atoms with Gasteiger partial charge in [-0.15, -0.1) is 0 Å². The van der Waals surface area contributed by atoms with Crippen LogP contribution in [-0.4, -0.2) is 29.6 Å². The van der Waals surface area contributed by atoms with Gasteiger partial charge in [-0.3, -0.25) is 0 Å². The summed E-state index contributed by atoms with van der Waals surface area (Å²) in [6.07, 6.45) is 60.4. The van der Waals surface area contributed by atoms with Crippen molar-refractivity contribution >= 4 is 29.6 Å². The first-order chi connectivity index (χ1) is 30.2. The number of hydrogen-bond acceptors (Lipinski definition) is 1. The molecule has 0 aliphatic carbocycles. The maximum absolute atomic E-state index is 7.21. The van der Waals surface area contributed by atoms with E-state index >= 15 is 0 Å². The third kappa shape index (κ3) is 32.0. The summed E-state index contributed by atoms with van der Waals surface area (Å²) >= 11 is 0. The molecule has 0 heterocycles. The first-order valence-electron chi connectivity index (χ1n) is 28.1. The SMILES string of the molecule is CCCCCCCCCCCCc1cccc(Oc2cccc(CCCCCCCCCCCC)c2CCCCCCCCCCCC)c1CCCCCCCCCCCC.[NaH]. The number of aryl methyl sites for hydroxylation is 2. The van der Waals surface area contributed by atoms with E-state index in [4.69, 9.17) is 4.74 Å². The van der Waals surface area contributed by atoms with Gasteiger partial charge in [-0.1, -0.05) is 283 Å². The molecule has 0 N–H and O–H groups in total. The van der Waals surface area contributed by atoms with Gasteiger partial charge in [0.25, 0.3) is 0 Å². The summed E-state index contributed by atoms with van der Waals surface area (Å²) in [7, 11) is 0. The molecule has 0 aromatic heterocycles. The summed E-state index contributed by atoms with van der Waals surface area (Å²) in [6.45, 7) is 9.28. The Labute approximate surface area is 412 Å². The minimum absolute atomic E-state index is 0. The fraction of sp³-hybridized carbons (Fsp3) is 0.800. The number of ether oxygens (including phenoxy) is 1. The summed E-state index contributed by atoms with van der Waals surface area (Å²) in [6, 6.07) is 14.1. The van der Waals surface area contributed by atoms with Crippen LogP contribution in [0.1, 0.15) is 307 Å². The summed E-state index contributed by atoms with van der Waals surface area (Å²) < 4.78 is 7.21. The topological polar surface area (TPSA) is 9.23 Å². The molecule has 0 saturated carbocycles. The second-order valence-electron chi connectivity index (χ2n) is 19.6. The van der Waals surface area contributed by atoms with Gasteiger partial charge in [0.2, 0.25) is 0 Å². The van der Waals surface area contributed by atoms with E-state index in [1.54, 1.807) is 11.1 Å². The molecule has 62 heavy (non-hydrogen) atoms. The number of benzene rings is 2. The molecule has 2 heteroatoms. The average Bonchev–Trinajstić information content (AvgIpc) is 3.27. The van der Waals surface area contributed by atoms with E-state index in [1.165, 1.54) is 281 Å². The zero-order valence-electron chi connectivity index (χ0n) is 42.0. The zero-order chi connectivity index (χ0) is 43.5. The molecule has 0 atom stereocenters. The van der Waals surface area contributed by atoms with E-state index in [-0.39, 0.29) is 29.6 Å². The summed E-state index contributed by atoms with van der Waals surface area (Å²) in [5, 5.41) is 0. The van der Waals surface area contributed by atoms with E-state index in [2.05, 4.69) is 64.1 Å². The number of hydrogen-bond donors (Lipinski definition) is 0. The molecule has 0 radical (unpaired) electrons. The van der Waals surface area contributed by atoms with Gasteiger partial charge < -0.3 is 4.74 Å². The van der Waals surface area contributed by atoms with E-state index < -0.39 is 0 Å². The third-order valence-corrected chi connectivity index (χ3v) is 13.8. The van der Waals surface area contributed by atoms with Crippen molar-refractivity contribution in [2.75, 3.05) is 0 Å². The Morgan fingerprint density at radius 3 is 0.710 bits per heavy atom. The van der Waals surface area contributed by atoms with Gasteiger partial charge in [0.05, 0.1) is 0 Å². The van der Waals surface area contributed by atoms with Crippen LogP contribution >= 0.6 is 0 Å². The van der Waals surface area contributed by atoms with Crippen molar-refractivity contribution in [2.24, 2.45) is 0 Å². The van der Waals surface area contributed by atoms with Gasteiger partial charge in [0.15, 0.2) is 0 Å². The molecule has 0 bridgehead atoms. The van der Waals surface area contributed by atoms with Gasteiger partial charge in [0.1, 0.15) is 11.5 Å². The van der Waals surface area contributed by atoms with Gasteiger partial charge in [0, 0.05) is 0 Å². The zero-order valence-corrected chi connectivity index (χ0v) is 42.0. The predicted octanol–water partition coefficient (Wildman–Crippen LogP) is 20.7. The molecule has 0 saturated heterocycles. The Balaban J connectivity index is 0.0000192. The van der Waals surface area contributed by atoms with Crippen molar-refractivity contribution in [3.63, 3.8) is 0 Å². The van der Waals surface area contributed by atoms with Gasteiger partial charge in [-0.05, 0) is 85.8 Å². The third-order valence-electron chi connectivity index (χ3n) is 13.8. The quantitative estimate of drug-likeness (QED) is 0.0476. The van der Waals surface area contributed by atoms with Crippen LogP contribution in [0.15, 0.2) is 36.4 Å². The van der Waals surface area contributed by atoms with Crippen LogP contribution in [0.25, 0.3) is 0 Å². The molecule has 354 valence electrons. The Kier molecular flexibility index (Phi) is 43.4. The molecule has 2 aromatic rings. The Bertz CT molecular complexity index is 1130. The molecule has 0 aliphatic heterocycles. The molecule has 0 fully saturated rings.